The van der Waals surface area contributed by atoms with E-state index >= 15 is 0 Å². The van der Waals surface area contributed by atoms with Crippen molar-refractivity contribution in [1.29, 1.82) is 5.26 Å². The molecule has 0 saturated heterocycles. The number of ether oxygens (including phenoxy) is 1. The lowest BCUT2D eigenvalue weighted by Gasteiger charge is -2.15. The number of aryl methyl sites for hydroxylation is 1. The fraction of sp³-hybridized carbons (Fsp3) is 0.188. The van der Waals surface area contributed by atoms with Gasteiger partial charge in [0.15, 0.2) is 5.75 Å². The number of aromatic amines is 1. The second-order valence-corrected chi connectivity index (χ2v) is 4.90. The van der Waals surface area contributed by atoms with Crippen LogP contribution in [0.4, 0.5) is 4.79 Å². The zero-order chi connectivity index (χ0) is 16.3. The number of pyridine rings is 1. The minimum absolute atomic E-state index is 0.0198. The van der Waals surface area contributed by atoms with E-state index < -0.39 is 11.7 Å². The van der Waals surface area contributed by atoms with E-state index in [-0.39, 0.29) is 16.9 Å². The van der Waals surface area contributed by atoms with Gasteiger partial charge in [0.25, 0.3) is 5.56 Å². The number of carbonyl (C=O) groups excluding carboxylic acids is 1. The molecule has 0 spiro atoms. The molecule has 0 unspecified atom stereocenters. The predicted molar refractivity (Wildman–Crippen MR) is 81.7 cm³/mol. The van der Waals surface area contributed by atoms with Gasteiger partial charge < -0.3 is 14.6 Å². The maximum atomic E-state index is 12.3. The highest BCUT2D eigenvalue weighted by molar-refractivity contribution is 5.79. The summed E-state index contributed by atoms with van der Waals surface area (Å²) in [6, 6.07) is 10.7. The molecule has 2 rings (SSSR count). The van der Waals surface area contributed by atoms with E-state index in [9.17, 15) is 14.9 Å². The molecule has 112 valence electrons. The van der Waals surface area contributed by atoms with Crippen molar-refractivity contribution < 1.29 is 9.53 Å². The smallest absolute Gasteiger partial charge is 0.408 e. The number of benzene rings is 1. The molecule has 1 aromatic heterocycles. The third-order valence-electron chi connectivity index (χ3n) is 3.09. The monoisotopic (exact) mass is 297 g/mol. The summed E-state index contributed by atoms with van der Waals surface area (Å²) in [7, 11) is 3.05. The molecular weight excluding hydrogens is 282 g/mol. The first-order valence-electron chi connectivity index (χ1n) is 6.57. The summed E-state index contributed by atoms with van der Waals surface area (Å²) >= 11 is 0. The van der Waals surface area contributed by atoms with Crippen LogP contribution in [0.3, 0.4) is 0 Å². The Morgan fingerprint density at radius 3 is 2.45 bits per heavy atom. The molecule has 2 aromatic rings. The first kappa shape index (κ1) is 15.3. The van der Waals surface area contributed by atoms with Gasteiger partial charge in [-0.05, 0) is 12.5 Å². The molecule has 0 aliphatic rings. The summed E-state index contributed by atoms with van der Waals surface area (Å²) < 4.78 is 5.29. The topological polar surface area (TPSA) is 86.2 Å². The number of nitriles is 1. The number of H-pyrrole nitrogens is 1. The van der Waals surface area contributed by atoms with Crippen LogP contribution >= 0.6 is 0 Å². The van der Waals surface area contributed by atoms with Crippen molar-refractivity contribution in [3.05, 3.63) is 51.9 Å². The number of nitrogens with one attached hydrogen (secondary N) is 1. The molecule has 6 heteroatoms. The van der Waals surface area contributed by atoms with Crippen LogP contribution in [0.1, 0.15) is 11.3 Å². The number of rotatable bonds is 2. The lowest BCUT2D eigenvalue weighted by atomic mass is 10.0. The Kier molecular flexibility index (Phi) is 4.28. The van der Waals surface area contributed by atoms with E-state index in [0.29, 0.717) is 11.3 Å². The molecule has 0 saturated carbocycles. The van der Waals surface area contributed by atoms with E-state index in [1.165, 1.54) is 19.0 Å². The Labute approximate surface area is 127 Å². The van der Waals surface area contributed by atoms with Crippen LogP contribution in [-0.4, -0.2) is 30.1 Å². The maximum Gasteiger partial charge on any atom is 0.414 e. The Morgan fingerprint density at radius 2 is 1.91 bits per heavy atom. The van der Waals surface area contributed by atoms with E-state index in [2.05, 4.69) is 4.98 Å². The van der Waals surface area contributed by atoms with Crippen LogP contribution in [0.15, 0.2) is 35.1 Å². The zero-order valence-electron chi connectivity index (χ0n) is 12.5. The van der Waals surface area contributed by atoms with Crippen molar-refractivity contribution in [2.24, 2.45) is 0 Å². The normalized spacial score (nSPS) is 9.91. The molecule has 0 fully saturated rings. The molecule has 1 N–H and O–H groups in total. The third kappa shape index (κ3) is 2.83. The highest BCUT2D eigenvalue weighted by Gasteiger charge is 2.22. The zero-order valence-corrected chi connectivity index (χ0v) is 12.5. The van der Waals surface area contributed by atoms with Crippen molar-refractivity contribution in [2.45, 2.75) is 6.92 Å². The summed E-state index contributed by atoms with van der Waals surface area (Å²) in [5.41, 5.74) is 0.811. The van der Waals surface area contributed by atoms with E-state index in [4.69, 9.17) is 4.74 Å². The highest BCUT2D eigenvalue weighted by atomic mass is 16.6. The number of carbonyl (C=O) groups is 1. The average molecular weight is 297 g/mol. The van der Waals surface area contributed by atoms with Crippen molar-refractivity contribution >= 4 is 6.09 Å². The largest absolute Gasteiger partial charge is 0.414 e. The van der Waals surface area contributed by atoms with Gasteiger partial charge in [-0.25, -0.2) is 4.79 Å². The predicted octanol–water partition coefficient (Wildman–Crippen LogP) is 2.28. The Morgan fingerprint density at radius 1 is 1.27 bits per heavy atom. The molecule has 1 heterocycles. The summed E-state index contributed by atoms with van der Waals surface area (Å²) in [4.78, 5) is 28.0. The van der Waals surface area contributed by atoms with Gasteiger partial charge in [-0.1, -0.05) is 30.3 Å². The Balaban J connectivity index is 2.74. The Bertz CT molecular complexity index is 802. The minimum atomic E-state index is -0.654. The lowest BCUT2D eigenvalue weighted by Crippen LogP contribution is -2.27. The van der Waals surface area contributed by atoms with E-state index in [1.807, 2.05) is 12.1 Å². The molecular formula is C16H15N3O3. The molecule has 22 heavy (non-hydrogen) atoms. The van der Waals surface area contributed by atoms with Crippen molar-refractivity contribution in [3.63, 3.8) is 0 Å². The van der Waals surface area contributed by atoms with Crippen LogP contribution in [0.25, 0.3) is 11.1 Å². The summed E-state index contributed by atoms with van der Waals surface area (Å²) in [6.45, 7) is 1.59. The van der Waals surface area contributed by atoms with Crippen LogP contribution < -0.4 is 10.3 Å². The van der Waals surface area contributed by atoms with Crippen molar-refractivity contribution in [1.82, 2.24) is 9.88 Å². The molecule has 1 aromatic carbocycles. The second-order valence-electron chi connectivity index (χ2n) is 4.90. The minimum Gasteiger partial charge on any atom is -0.408 e. The van der Waals surface area contributed by atoms with E-state index in [0.717, 1.165) is 0 Å². The summed E-state index contributed by atoms with van der Waals surface area (Å²) in [5.74, 6) is -0.0198. The summed E-state index contributed by atoms with van der Waals surface area (Å²) in [6.07, 6.45) is -0.654. The van der Waals surface area contributed by atoms with Crippen LogP contribution in [0.5, 0.6) is 5.75 Å². The van der Waals surface area contributed by atoms with Gasteiger partial charge in [-0.15, -0.1) is 0 Å². The number of nitrogens with zero attached hydrogens (tertiary/aromatic N) is 2. The second kappa shape index (κ2) is 6.14. The molecule has 6 nitrogen and oxygen atoms in total. The Hall–Kier alpha value is -3.07. The molecule has 0 aliphatic carbocycles. The highest BCUT2D eigenvalue weighted by Crippen LogP contribution is 2.31. The van der Waals surface area contributed by atoms with Crippen molar-refractivity contribution in [3.8, 4) is 22.9 Å². The quantitative estimate of drug-likeness (QED) is 0.921. The van der Waals surface area contributed by atoms with Gasteiger partial charge >= 0.3 is 6.09 Å². The fourth-order valence-electron chi connectivity index (χ4n) is 1.98. The number of amides is 1. The maximum absolute atomic E-state index is 12.3. The fourth-order valence-corrected chi connectivity index (χ4v) is 1.98. The van der Waals surface area contributed by atoms with Crippen LogP contribution in [0, 0.1) is 18.3 Å². The van der Waals surface area contributed by atoms with Gasteiger partial charge in [0.05, 0.1) is 5.56 Å². The third-order valence-corrected chi connectivity index (χ3v) is 3.09. The first-order chi connectivity index (χ1) is 10.5. The van der Waals surface area contributed by atoms with Gasteiger partial charge in [0, 0.05) is 19.8 Å². The van der Waals surface area contributed by atoms with Crippen molar-refractivity contribution in [2.75, 3.05) is 14.1 Å². The number of aromatic nitrogens is 1. The van der Waals surface area contributed by atoms with Gasteiger partial charge in [-0.3, -0.25) is 4.79 Å². The van der Waals surface area contributed by atoms with Crippen LogP contribution in [-0.2, 0) is 0 Å². The molecule has 0 radical (unpaired) electrons. The standard InChI is InChI=1S/C16H15N3O3/c1-10-12(9-17)14(22-16(21)19(2)3)13(15(20)18-10)11-7-5-4-6-8-11/h4-8H,1-3H3,(H,18,20). The van der Waals surface area contributed by atoms with Gasteiger partial charge in [-0.2, -0.15) is 5.26 Å². The summed E-state index contributed by atoms with van der Waals surface area (Å²) in [5, 5.41) is 9.34. The van der Waals surface area contributed by atoms with E-state index in [1.54, 1.807) is 31.2 Å². The van der Waals surface area contributed by atoms with Gasteiger partial charge in [0.1, 0.15) is 11.6 Å². The number of hydrogen-bond acceptors (Lipinski definition) is 4. The molecule has 0 atom stereocenters. The average Bonchev–Trinajstić information content (AvgIpc) is 2.48. The lowest BCUT2D eigenvalue weighted by molar-refractivity contribution is 0.172. The first-order valence-corrected chi connectivity index (χ1v) is 6.57. The number of hydrogen-bond donors (Lipinski definition) is 1. The SMILES string of the molecule is Cc1[nH]c(=O)c(-c2ccccc2)c(OC(=O)N(C)C)c1C#N. The van der Waals surface area contributed by atoms with Gasteiger partial charge in [0.2, 0.25) is 0 Å². The van der Waals surface area contributed by atoms with Crippen LogP contribution in [0.2, 0.25) is 0 Å². The molecule has 1 amide bonds. The molecule has 0 bridgehead atoms. The molecule has 0 aliphatic heterocycles.